The van der Waals surface area contributed by atoms with Gasteiger partial charge in [0.25, 0.3) is 5.91 Å². The van der Waals surface area contributed by atoms with Crippen LogP contribution in [0, 0.1) is 2.88 Å². The molecule has 0 fully saturated rings. The lowest BCUT2D eigenvalue weighted by molar-refractivity contribution is -0.115. The first kappa shape index (κ1) is 17.7. The zero-order valence-electron chi connectivity index (χ0n) is 12.6. The highest BCUT2D eigenvalue weighted by molar-refractivity contribution is 14.1. The number of benzene rings is 1. The van der Waals surface area contributed by atoms with Crippen LogP contribution in [0.4, 0.5) is 5.69 Å². The van der Waals surface area contributed by atoms with Crippen LogP contribution in [0.1, 0.15) is 28.6 Å². The number of hydrogen-bond donors (Lipinski definition) is 3. The van der Waals surface area contributed by atoms with Gasteiger partial charge < -0.3 is 15.7 Å². The van der Waals surface area contributed by atoms with E-state index in [1.54, 1.807) is 24.3 Å². The van der Waals surface area contributed by atoms with Crippen LogP contribution in [0.15, 0.2) is 30.3 Å². The molecule has 122 valence electrons. The van der Waals surface area contributed by atoms with Gasteiger partial charge in [0.1, 0.15) is 5.75 Å². The van der Waals surface area contributed by atoms with Crippen molar-refractivity contribution in [2.24, 2.45) is 0 Å². The van der Waals surface area contributed by atoms with E-state index in [-0.39, 0.29) is 23.1 Å². The Labute approximate surface area is 152 Å². The van der Waals surface area contributed by atoms with Gasteiger partial charge in [0.05, 0.1) is 8.45 Å². The van der Waals surface area contributed by atoms with Crippen molar-refractivity contribution in [3.05, 3.63) is 43.7 Å². The monoisotopic (exact) mass is 444 g/mol. The molecule has 0 saturated heterocycles. The van der Waals surface area contributed by atoms with Gasteiger partial charge in [-0.25, -0.2) is 0 Å². The summed E-state index contributed by atoms with van der Waals surface area (Å²) in [5, 5.41) is 15.3. The van der Waals surface area contributed by atoms with E-state index in [2.05, 4.69) is 33.2 Å². The Kier molecular flexibility index (Phi) is 6.40. The fourth-order valence-corrected chi connectivity index (χ4v) is 3.68. The van der Waals surface area contributed by atoms with Gasteiger partial charge in [0, 0.05) is 23.5 Å². The molecule has 2 rings (SSSR count). The van der Waals surface area contributed by atoms with Crippen molar-refractivity contribution in [3.63, 3.8) is 0 Å². The lowest BCUT2D eigenvalue weighted by atomic mass is 10.1. The zero-order valence-corrected chi connectivity index (χ0v) is 15.5. The number of nitrogens with one attached hydrogen (secondary N) is 2. The minimum absolute atomic E-state index is 0.109. The molecule has 0 spiro atoms. The number of carbonyl (C=O) groups excluding carboxylic acids is 2. The van der Waals surface area contributed by atoms with Gasteiger partial charge in [0.15, 0.2) is 0 Å². The Balaban J connectivity index is 1.97. The Morgan fingerprint density at radius 2 is 2.04 bits per heavy atom. The summed E-state index contributed by atoms with van der Waals surface area (Å²) >= 11 is 3.95. The molecule has 0 aliphatic rings. The summed E-state index contributed by atoms with van der Waals surface area (Å²) in [6, 6.07) is 8.52. The van der Waals surface area contributed by atoms with E-state index in [0.717, 1.165) is 6.42 Å². The van der Waals surface area contributed by atoms with Crippen molar-refractivity contribution in [1.29, 1.82) is 0 Å². The van der Waals surface area contributed by atoms with E-state index in [4.69, 9.17) is 0 Å². The van der Waals surface area contributed by atoms with Crippen LogP contribution in [0.5, 0.6) is 5.75 Å². The molecule has 1 heterocycles. The highest BCUT2D eigenvalue weighted by Crippen LogP contribution is 2.22. The Bertz CT molecular complexity index is 715. The van der Waals surface area contributed by atoms with Gasteiger partial charge in [-0.3, -0.25) is 9.59 Å². The van der Waals surface area contributed by atoms with Gasteiger partial charge in [-0.1, -0.05) is 6.92 Å². The maximum Gasteiger partial charge on any atom is 0.255 e. The molecule has 0 radical (unpaired) electrons. The van der Waals surface area contributed by atoms with E-state index in [0.29, 0.717) is 18.7 Å². The lowest BCUT2D eigenvalue weighted by Gasteiger charge is -2.09. The smallest absolute Gasteiger partial charge is 0.255 e. The lowest BCUT2D eigenvalue weighted by Crippen LogP contribution is -2.25. The van der Waals surface area contributed by atoms with Crippen LogP contribution >= 0.6 is 33.9 Å². The molecule has 1 aromatic carbocycles. The number of aromatic hydroxyl groups is 1. The van der Waals surface area contributed by atoms with Crippen LogP contribution in [0.25, 0.3) is 0 Å². The fourth-order valence-electron chi connectivity index (χ4n) is 1.93. The molecule has 1 aromatic heterocycles. The van der Waals surface area contributed by atoms with E-state index in [9.17, 15) is 14.7 Å². The van der Waals surface area contributed by atoms with Crippen molar-refractivity contribution in [1.82, 2.24) is 5.32 Å². The molecule has 0 saturated carbocycles. The van der Waals surface area contributed by atoms with E-state index < -0.39 is 0 Å². The maximum atomic E-state index is 12.2. The molecule has 7 heteroatoms. The first-order chi connectivity index (χ1) is 11.0. The molecule has 2 aromatic rings. The average molecular weight is 444 g/mol. The summed E-state index contributed by atoms with van der Waals surface area (Å²) < 4.78 is 1.21. The van der Waals surface area contributed by atoms with Crippen molar-refractivity contribution >= 4 is 51.4 Å². The molecular weight excluding hydrogens is 427 g/mol. The number of phenols is 1. The normalized spacial score (nSPS) is 10.3. The van der Waals surface area contributed by atoms with Gasteiger partial charge in [-0.15, -0.1) is 11.3 Å². The summed E-state index contributed by atoms with van der Waals surface area (Å²) in [4.78, 5) is 24.8. The SMILES string of the molecule is CCC(=O)Nc1ccc(O)c(C(=O)NCCc2ccc(I)s2)c1. The number of amides is 2. The van der Waals surface area contributed by atoms with Crippen molar-refractivity contribution in [2.45, 2.75) is 19.8 Å². The van der Waals surface area contributed by atoms with Gasteiger partial charge in [0.2, 0.25) is 5.91 Å². The van der Waals surface area contributed by atoms with Crippen LogP contribution in [-0.4, -0.2) is 23.5 Å². The number of thiophene rings is 1. The largest absolute Gasteiger partial charge is 0.507 e. The summed E-state index contributed by atoms with van der Waals surface area (Å²) in [5.41, 5.74) is 0.646. The second-order valence-corrected chi connectivity index (χ2v) is 7.91. The minimum Gasteiger partial charge on any atom is -0.507 e. The average Bonchev–Trinajstić information content (AvgIpc) is 2.94. The Morgan fingerprint density at radius 1 is 1.26 bits per heavy atom. The standard InChI is InChI=1S/C16H17IN2O3S/c1-2-15(21)19-10-3-5-13(20)12(9-10)16(22)18-8-7-11-4-6-14(17)23-11/h3-6,9,20H,2,7-8H2,1H3,(H,18,22)(H,19,21). The highest BCUT2D eigenvalue weighted by atomic mass is 127. The molecular formula is C16H17IN2O3S. The molecule has 0 atom stereocenters. The molecule has 0 bridgehead atoms. The molecule has 0 unspecified atom stereocenters. The Hall–Kier alpha value is -1.61. The van der Waals surface area contributed by atoms with E-state index in [1.807, 2.05) is 12.1 Å². The number of rotatable bonds is 6. The van der Waals surface area contributed by atoms with Crippen LogP contribution < -0.4 is 10.6 Å². The first-order valence-corrected chi connectivity index (χ1v) is 9.04. The third-order valence-electron chi connectivity index (χ3n) is 3.13. The summed E-state index contributed by atoms with van der Waals surface area (Å²) in [7, 11) is 0. The summed E-state index contributed by atoms with van der Waals surface area (Å²) in [6.45, 7) is 2.23. The predicted molar refractivity (Wildman–Crippen MR) is 100 cm³/mol. The molecule has 23 heavy (non-hydrogen) atoms. The van der Waals surface area contributed by atoms with E-state index >= 15 is 0 Å². The molecule has 2 amide bonds. The second kappa shape index (κ2) is 8.30. The van der Waals surface area contributed by atoms with E-state index in [1.165, 1.54) is 19.9 Å². The van der Waals surface area contributed by atoms with Gasteiger partial charge >= 0.3 is 0 Å². The maximum absolute atomic E-state index is 12.2. The van der Waals surface area contributed by atoms with Crippen molar-refractivity contribution < 1.29 is 14.7 Å². The summed E-state index contributed by atoms with van der Waals surface area (Å²) in [6.07, 6.45) is 1.09. The van der Waals surface area contributed by atoms with Gasteiger partial charge in [-0.2, -0.15) is 0 Å². The quantitative estimate of drug-likeness (QED) is 0.472. The second-order valence-electron chi connectivity index (χ2n) is 4.85. The first-order valence-electron chi connectivity index (χ1n) is 7.15. The highest BCUT2D eigenvalue weighted by Gasteiger charge is 2.12. The Morgan fingerprint density at radius 3 is 2.70 bits per heavy atom. The van der Waals surface area contributed by atoms with Gasteiger partial charge in [-0.05, 0) is 59.3 Å². The number of carbonyl (C=O) groups is 2. The topological polar surface area (TPSA) is 78.4 Å². The van der Waals surface area contributed by atoms with Crippen LogP contribution in [0.2, 0.25) is 0 Å². The van der Waals surface area contributed by atoms with Crippen molar-refractivity contribution in [2.75, 3.05) is 11.9 Å². The fraction of sp³-hybridized carbons (Fsp3) is 0.250. The minimum atomic E-state index is -0.360. The predicted octanol–water partition coefficient (Wildman–Crippen LogP) is 3.38. The molecule has 3 N–H and O–H groups in total. The third kappa shape index (κ3) is 5.21. The van der Waals surface area contributed by atoms with Crippen molar-refractivity contribution in [3.8, 4) is 5.75 Å². The summed E-state index contributed by atoms with van der Waals surface area (Å²) in [5.74, 6) is -0.613. The van der Waals surface area contributed by atoms with Crippen LogP contribution in [0.3, 0.4) is 0 Å². The number of halogens is 1. The third-order valence-corrected chi connectivity index (χ3v) is 5.09. The molecule has 5 nitrogen and oxygen atoms in total. The number of anilines is 1. The molecule has 0 aliphatic heterocycles. The number of hydrogen-bond acceptors (Lipinski definition) is 4. The van der Waals surface area contributed by atoms with Crippen LogP contribution in [-0.2, 0) is 11.2 Å². The molecule has 0 aliphatic carbocycles. The number of phenolic OH excluding ortho intramolecular Hbond substituents is 1. The zero-order chi connectivity index (χ0) is 16.8.